The van der Waals surface area contributed by atoms with Crippen LogP contribution in [-0.2, 0) is 16.1 Å². The molecule has 0 spiro atoms. The Morgan fingerprint density at radius 2 is 1.90 bits per heavy atom. The van der Waals surface area contributed by atoms with Gasteiger partial charge in [-0.3, -0.25) is 4.79 Å². The Morgan fingerprint density at radius 1 is 1.21 bits per heavy atom. The molecule has 1 aliphatic rings. The van der Waals surface area contributed by atoms with Crippen LogP contribution in [0.4, 0.5) is 5.69 Å². The highest BCUT2D eigenvalue weighted by atomic mass is 127. The maximum atomic E-state index is 11.8. The molecule has 0 aromatic heterocycles. The van der Waals surface area contributed by atoms with Gasteiger partial charge in [-0.2, -0.15) is 0 Å². The molecule has 0 aliphatic heterocycles. The summed E-state index contributed by atoms with van der Waals surface area (Å²) in [6, 6.07) is 7.88. The van der Waals surface area contributed by atoms with Crippen LogP contribution in [-0.4, -0.2) is 38.7 Å². The summed E-state index contributed by atoms with van der Waals surface area (Å²) >= 11 is 0. The van der Waals surface area contributed by atoms with Gasteiger partial charge in [0, 0.05) is 38.4 Å². The molecule has 1 amide bonds. The Hall–Kier alpha value is -1.35. The lowest BCUT2D eigenvalue weighted by molar-refractivity contribution is -0.118. The largest absolute Gasteiger partial charge is 0.385 e. The SMILES string of the molecule is CCNC(=NCc1ccc(NC(=O)C(C)C)cc1)NCC1(CCOC)CCC1.I. The number of methoxy groups -OCH3 is 1. The minimum atomic E-state index is -0.0270. The van der Waals surface area contributed by atoms with Gasteiger partial charge in [0.05, 0.1) is 6.54 Å². The van der Waals surface area contributed by atoms with E-state index in [0.29, 0.717) is 12.0 Å². The van der Waals surface area contributed by atoms with Gasteiger partial charge in [-0.05, 0) is 49.3 Å². The number of halogens is 1. The molecule has 1 aromatic carbocycles. The summed E-state index contributed by atoms with van der Waals surface area (Å²) in [5.41, 5.74) is 2.28. The zero-order valence-corrected chi connectivity index (χ0v) is 20.5. The van der Waals surface area contributed by atoms with Crippen LogP contribution in [0.15, 0.2) is 29.3 Å². The van der Waals surface area contributed by atoms with Crippen LogP contribution in [0.25, 0.3) is 0 Å². The number of ether oxygens (including phenoxy) is 1. The number of guanidine groups is 1. The average molecular weight is 516 g/mol. The van der Waals surface area contributed by atoms with Crippen LogP contribution in [0, 0.1) is 11.3 Å². The lowest BCUT2D eigenvalue weighted by Gasteiger charge is -2.42. The molecule has 3 N–H and O–H groups in total. The molecule has 164 valence electrons. The van der Waals surface area contributed by atoms with E-state index in [-0.39, 0.29) is 35.8 Å². The van der Waals surface area contributed by atoms with E-state index in [4.69, 9.17) is 9.73 Å². The van der Waals surface area contributed by atoms with Crippen LogP contribution in [0.2, 0.25) is 0 Å². The maximum Gasteiger partial charge on any atom is 0.226 e. The van der Waals surface area contributed by atoms with Crippen molar-refractivity contribution in [2.45, 2.75) is 53.0 Å². The Balaban J connectivity index is 0.00000420. The van der Waals surface area contributed by atoms with Gasteiger partial charge in [0.1, 0.15) is 0 Å². The number of aliphatic imine (C=N–C) groups is 1. The predicted octanol–water partition coefficient (Wildman–Crippen LogP) is 4.16. The standard InChI is InChI=1S/C22H36N4O2.HI/c1-5-23-21(25-16-22(11-6-12-22)13-14-28-4)24-15-18-7-9-19(10-8-18)26-20(27)17(2)3;/h7-10,17H,5-6,11-16H2,1-4H3,(H,26,27)(H2,23,24,25);1H. The fourth-order valence-corrected chi connectivity index (χ4v) is 3.27. The Morgan fingerprint density at radius 3 is 2.41 bits per heavy atom. The number of amides is 1. The van der Waals surface area contributed by atoms with Gasteiger partial charge in [0.25, 0.3) is 0 Å². The molecule has 1 fully saturated rings. The lowest BCUT2D eigenvalue weighted by Crippen LogP contribution is -2.46. The second-order valence-electron chi connectivity index (χ2n) is 7.99. The Bertz CT molecular complexity index is 643. The molecule has 0 unspecified atom stereocenters. The van der Waals surface area contributed by atoms with Crippen LogP contribution >= 0.6 is 24.0 Å². The molecular formula is C22H37IN4O2. The van der Waals surface area contributed by atoms with Crippen LogP contribution in [0.5, 0.6) is 0 Å². The normalized spacial score (nSPS) is 15.3. The van der Waals surface area contributed by atoms with E-state index in [2.05, 4.69) is 22.9 Å². The lowest BCUT2D eigenvalue weighted by atomic mass is 9.67. The van der Waals surface area contributed by atoms with E-state index in [1.165, 1.54) is 19.3 Å². The third-order valence-corrected chi connectivity index (χ3v) is 5.39. The summed E-state index contributed by atoms with van der Waals surface area (Å²) in [5.74, 6) is 0.854. The van der Waals surface area contributed by atoms with Crippen molar-refractivity contribution in [1.29, 1.82) is 0 Å². The molecular weight excluding hydrogens is 479 g/mol. The molecule has 0 heterocycles. The second-order valence-corrected chi connectivity index (χ2v) is 7.99. The number of benzene rings is 1. The first kappa shape index (κ1) is 25.7. The van der Waals surface area contributed by atoms with Crippen LogP contribution in [0.1, 0.15) is 52.0 Å². The van der Waals surface area contributed by atoms with Gasteiger partial charge < -0.3 is 20.7 Å². The number of carbonyl (C=O) groups is 1. The van der Waals surface area contributed by atoms with Crippen LogP contribution in [0.3, 0.4) is 0 Å². The Kier molecular flexibility index (Phi) is 11.6. The molecule has 0 bridgehead atoms. The Labute approximate surface area is 192 Å². The minimum Gasteiger partial charge on any atom is -0.385 e. The van der Waals surface area contributed by atoms with E-state index in [1.807, 2.05) is 38.1 Å². The van der Waals surface area contributed by atoms with Gasteiger partial charge in [0.15, 0.2) is 5.96 Å². The number of nitrogens with zero attached hydrogens (tertiary/aromatic N) is 1. The number of hydrogen-bond donors (Lipinski definition) is 3. The van der Waals surface area contributed by atoms with Gasteiger partial charge in [-0.1, -0.05) is 32.4 Å². The van der Waals surface area contributed by atoms with E-state index < -0.39 is 0 Å². The third kappa shape index (κ3) is 8.50. The summed E-state index contributed by atoms with van der Waals surface area (Å²) in [4.78, 5) is 16.5. The highest BCUT2D eigenvalue weighted by molar-refractivity contribution is 14.0. The van der Waals surface area contributed by atoms with Crippen molar-refractivity contribution in [1.82, 2.24) is 10.6 Å². The number of carbonyl (C=O) groups excluding carboxylic acids is 1. The summed E-state index contributed by atoms with van der Waals surface area (Å²) in [7, 11) is 1.77. The van der Waals surface area contributed by atoms with Crippen molar-refractivity contribution in [3.8, 4) is 0 Å². The van der Waals surface area contributed by atoms with E-state index in [0.717, 1.165) is 43.3 Å². The highest BCUT2D eigenvalue weighted by Crippen LogP contribution is 2.43. The molecule has 2 rings (SSSR count). The van der Waals surface area contributed by atoms with Gasteiger partial charge in [0.2, 0.25) is 5.91 Å². The molecule has 1 aromatic rings. The van der Waals surface area contributed by atoms with E-state index in [1.54, 1.807) is 7.11 Å². The van der Waals surface area contributed by atoms with E-state index in [9.17, 15) is 4.79 Å². The molecule has 0 radical (unpaired) electrons. The van der Waals surface area contributed by atoms with Crippen molar-refractivity contribution in [3.63, 3.8) is 0 Å². The van der Waals surface area contributed by atoms with Crippen molar-refractivity contribution in [2.24, 2.45) is 16.3 Å². The molecule has 0 saturated heterocycles. The molecule has 7 heteroatoms. The molecule has 29 heavy (non-hydrogen) atoms. The monoisotopic (exact) mass is 516 g/mol. The third-order valence-electron chi connectivity index (χ3n) is 5.39. The first-order valence-corrected chi connectivity index (χ1v) is 10.4. The predicted molar refractivity (Wildman–Crippen MR) is 131 cm³/mol. The molecule has 1 saturated carbocycles. The maximum absolute atomic E-state index is 11.8. The average Bonchev–Trinajstić information content (AvgIpc) is 2.65. The molecule has 6 nitrogen and oxygen atoms in total. The minimum absolute atomic E-state index is 0. The van der Waals surface area contributed by atoms with Crippen molar-refractivity contribution < 1.29 is 9.53 Å². The molecule has 0 atom stereocenters. The number of nitrogens with one attached hydrogen (secondary N) is 3. The van der Waals surface area contributed by atoms with Crippen LogP contribution < -0.4 is 16.0 Å². The second kappa shape index (κ2) is 13.1. The summed E-state index contributed by atoms with van der Waals surface area (Å²) in [5, 5.41) is 9.76. The van der Waals surface area contributed by atoms with Crippen molar-refractivity contribution in [3.05, 3.63) is 29.8 Å². The van der Waals surface area contributed by atoms with Gasteiger partial charge >= 0.3 is 0 Å². The van der Waals surface area contributed by atoms with E-state index >= 15 is 0 Å². The number of hydrogen-bond acceptors (Lipinski definition) is 3. The topological polar surface area (TPSA) is 74.8 Å². The summed E-state index contributed by atoms with van der Waals surface area (Å²) in [6.45, 7) is 9.02. The van der Waals surface area contributed by atoms with Gasteiger partial charge in [-0.25, -0.2) is 4.99 Å². The van der Waals surface area contributed by atoms with Gasteiger partial charge in [-0.15, -0.1) is 24.0 Å². The first-order valence-electron chi connectivity index (χ1n) is 10.4. The fraction of sp³-hybridized carbons (Fsp3) is 0.636. The number of anilines is 1. The fourth-order valence-electron chi connectivity index (χ4n) is 3.27. The van der Waals surface area contributed by atoms with Crippen molar-refractivity contribution >= 4 is 41.5 Å². The first-order chi connectivity index (χ1) is 13.5. The molecule has 1 aliphatic carbocycles. The zero-order chi connectivity index (χ0) is 20.4. The summed E-state index contributed by atoms with van der Waals surface area (Å²) < 4.78 is 5.28. The zero-order valence-electron chi connectivity index (χ0n) is 18.2. The quantitative estimate of drug-likeness (QED) is 0.248. The smallest absolute Gasteiger partial charge is 0.226 e. The van der Waals surface area contributed by atoms with Crippen molar-refractivity contribution in [2.75, 3.05) is 32.1 Å². The number of rotatable bonds is 10. The highest BCUT2D eigenvalue weighted by Gasteiger charge is 2.36. The summed E-state index contributed by atoms with van der Waals surface area (Å²) in [6.07, 6.45) is 4.91.